The normalized spacial score (nSPS) is 30.0. The largest absolute Gasteiger partial charge is 0.324 e. The van der Waals surface area contributed by atoms with Gasteiger partial charge in [0.2, 0.25) is 5.91 Å². The Labute approximate surface area is 118 Å². The summed E-state index contributed by atoms with van der Waals surface area (Å²) < 4.78 is 0. The van der Waals surface area contributed by atoms with Crippen LogP contribution in [0.15, 0.2) is 18.2 Å². The van der Waals surface area contributed by atoms with Gasteiger partial charge in [0.05, 0.1) is 0 Å². The zero-order chi connectivity index (χ0) is 13.4. The molecule has 1 saturated carbocycles. The van der Waals surface area contributed by atoms with Crippen LogP contribution in [0.4, 0.5) is 5.69 Å². The van der Waals surface area contributed by atoms with Crippen LogP contribution in [0.3, 0.4) is 0 Å². The van der Waals surface area contributed by atoms with E-state index in [-0.39, 0.29) is 11.9 Å². The van der Waals surface area contributed by atoms with Gasteiger partial charge in [-0.25, -0.2) is 0 Å². The fourth-order valence-electron chi connectivity index (χ4n) is 3.22. The number of rotatable bonds is 2. The molecule has 1 aromatic carbocycles. The summed E-state index contributed by atoms with van der Waals surface area (Å²) in [5.74, 6) is 0.782. The average molecular weight is 279 g/mol. The molecule has 3 unspecified atom stereocenters. The zero-order valence-corrected chi connectivity index (χ0v) is 11.8. The van der Waals surface area contributed by atoms with Gasteiger partial charge in [0.1, 0.15) is 6.04 Å². The molecule has 3 atom stereocenters. The number of benzene rings is 1. The van der Waals surface area contributed by atoms with Gasteiger partial charge in [0.15, 0.2) is 0 Å². The molecular formula is C15H19ClN2O. The van der Waals surface area contributed by atoms with E-state index in [0.29, 0.717) is 11.1 Å². The molecule has 0 saturated heterocycles. The summed E-state index contributed by atoms with van der Waals surface area (Å²) in [7, 11) is 0. The maximum atomic E-state index is 12.1. The van der Waals surface area contributed by atoms with Gasteiger partial charge >= 0.3 is 0 Å². The van der Waals surface area contributed by atoms with Gasteiger partial charge in [-0.1, -0.05) is 31.4 Å². The van der Waals surface area contributed by atoms with E-state index in [9.17, 15) is 4.79 Å². The minimum Gasteiger partial charge on any atom is -0.324 e. The number of anilines is 1. The van der Waals surface area contributed by atoms with E-state index in [2.05, 4.69) is 17.6 Å². The van der Waals surface area contributed by atoms with Crippen LogP contribution in [-0.4, -0.2) is 11.9 Å². The number of carbonyl (C=O) groups excluding carboxylic acids is 1. The molecule has 0 spiro atoms. The van der Waals surface area contributed by atoms with Crippen LogP contribution in [0.1, 0.15) is 44.2 Å². The molecule has 0 aromatic heterocycles. The number of hydrogen-bond acceptors (Lipinski definition) is 2. The molecule has 3 rings (SSSR count). The van der Waals surface area contributed by atoms with Crippen molar-refractivity contribution in [1.82, 2.24) is 5.32 Å². The Kier molecular flexibility index (Phi) is 3.50. The first-order chi connectivity index (χ1) is 9.13. The Morgan fingerprint density at radius 3 is 3.00 bits per heavy atom. The Balaban J connectivity index is 1.78. The van der Waals surface area contributed by atoms with Crippen molar-refractivity contribution in [2.45, 2.75) is 44.7 Å². The summed E-state index contributed by atoms with van der Waals surface area (Å²) in [4.78, 5) is 12.1. The first-order valence-corrected chi connectivity index (χ1v) is 7.37. The monoisotopic (exact) mass is 278 g/mol. The maximum Gasteiger partial charge on any atom is 0.246 e. The molecule has 19 heavy (non-hydrogen) atoms. The SMILES string of the molecule is CC1CCCC(NC2C(=O)Nc3ccc(Cl)cc32)C1. The number of halogens is 1. The number of carbonyl (C=O) groups is 1. The van der Waals surface area contributed by atoms with E-state index in [1.807, 2.05) is 18.2 Å². The van der Waals surface area contributed by atoms with Crippen molar-refractivity contribution in [3.05, 3.63) is 28.8 Å². The summed E-state index contributed by atoms with van der Waals surface area (Å²) in [5, 5.41) is 7.11. The molecule has 1 aromatic rings. The van der Waals surface area contributed by atoms with Gasteiger partial charge in [0, 0.05) is 22.3 Å². The van der Waals surface area contributed by atoms with E-state index in [1.54, 1.807) is 0 Å². The van der Waals surface area contributed by atoms with Crippen molar-refractivity contribution >= 4 is 23.2 Å². The lowest BCUT2D eigenvalue weighted by molar-refractivity contribution is -0.118. The van der Waals surface area contributed by atoms with E-state index in [1.165, 1.54) is 12.8 Å². The maximum absolute atomic E-state index is 12.1. The van der Waals surface area contributed by atoms with Crippen LogP contribution >= 0.6 is 11.6 Å². The Morgan fingerprint density at radius 1 is 1.37 bits per heavy atom. The highest BCUT2D eigenvalue weighted by molar-refractivity contribution is 6.31. The van der Waals surface area contributed by atoms with Crippen molar-refractivity contribution in [3.8, 4) is 0 Å². The highest BCUT2D eigenvalue weighted by Crippen LogP contribution is 2.34. The molecule has 2 N–H and O–H groups in total. The van der Waals surface area contributed by atoms with Gasteiger partial charge in [0.25, 0.3) is 0 Å². The van der Waals surface area contributed by atoms with Gasteiger partial charge < -0.3 is 5.32 Å². The van der Waals surface area contributed by atoms with Crippen LogP contribution in [0.2, 0.25) is 5.02 Å². The van der Waals surface area contributed by atoms with Gasteiger partial charge in [-0.3, -0.25) is 10.1 Å². The Morgan fingerprint density at radius 2 is 2.21 bits per heavy atom. The molecule has 1 heterocycles. The standard InChI is InChI=1S/C15H19ClN2O/c1-9-3-2-4-11(7-9)17-14-12-8-10(16)5-6-13(12)18-15(14)19/h5-6,8-9,11,14,17H,2-4,7H2,1H3,(H,18,19). The molecule has 1 aliphatic heterocycles. The third kappa shape index (κ3) is 2.63. The van der Waals surface area contributed by atoms with Crippen LogP contribution in [0.5, 0.6) is 0 Å². The third-order valence-electron chi connectivity index (χ3n) is 4.18. The number of nitrogens with one attached hydrogen (secondary N) is 2. The predicted octanol–water partition coefficient (Wildman–Crippen LogP) is 3.50. The van der Waals surface area contributed by atoms with Crippen molar-refractivity contribution in [1.29, 1.82) is 0 Å². The number of amides is 1. The number of fused-ring (bicyclic) bond motifs is 1. The van der Waals surface area contributed by atoms with E-state index >= 15 is 0 Å². The predicted molar refractivity (Wildman–Crippen MR) is 77.4 cm³/mol. The summed E-state index contributed by atoms with van der Waals surface area (Å²) >= 11 is 6.04. The highest BCUT2D eigenvalue weighted by atomic mass is 35.5. The first-order valence-electron chi connectivity index (χ1n) is 7.00. The summed E-state index contributed by atoms with van der Waals surface area (Å²) in [6.07, 6.45) is 4.86. The second kappa shape index (κ2) is 5.14. The van der Waals surface area contributed by atoms with Crippen LogP contribution in [0, 0.1) is 5.92 Å². The van der Waals surface area contributed by atoms with Gasteiger partial charge in [-0.2, -0.15) is 0 Å². The fraction of sp³-hybridized carbons (Fsp3) is 0.533. The average Bonchev–Trinajstić information content (AvgIpc) is 2.66. The lowest BCUT2D eigenvalue weighted by atomic mass is 9.86. The first kappa shape index (κ1) is 12.9. The zero-order valence-electron chi connectivity index (χ0n) is 11.1. The van der Waals surface area contributed by atoms with Crippen LogP contribution in [0.25, 0.3) is 0 Å². The van der Waals surface area contributed by atoms with E-state index in [0.717, 1.165) is 30.0 Å². The van der Waals surface area contributed by atoms with Gasteiger partial charge in [-0.15, -0.1) is 0 Å². The molecule has 4 heteroatoms. The minimum atomic E-state index is -0.246. The smallest absolute Gasteiger partial charge is 0.246 e. The minimum absolute atomic E-state index is 0.0375. The molecule has 0 bridgehead atoms. The molecular weight excluding hydrogens is 260 g/mol. The number of hydrogen-bond donors (Lipinski definition) is 2. The van der Waals surface area contributed by atoms with Crippen LogP contribution < -0.4 is 10.6 Å². The van der Waals surface area contributed by atoms with Crippen molar-refractivity contribution in [3.63, 3.8) is 0 Å². The summed E-state index contributed by atoms with van der Waals surface area (Å²) in [6.45, 7) is 2.29. The Hall–Kier alpha value is -1.06. The van der Waals surface area contributed by atoms with Crippen molar-refractivity contribution in [2.24, 2.45) is 5.92 Å². The van der Waals surface area contributed by atoms with E-state index < -0.39 is 0 Å². The summed E-state index contributed by atoms with van der Waals surface area (Å²) in [5.41, 5.74) is 1.87. The Bertz CT molecular complexity index is 503. The second-order valence-corrected chi connectivity index (χ2v) is 6.23. The second-order valence-electron chi connectivity index (χ2n) is 5.79. The molecule has 1 fully saturated rings. The van der Waals surface area contributed by atoms with Gasteiger partial charge in [-0.05, 0) is 37.0 Å². The lowest BCUT2D eigenvalue weighted by Crippen LogP contribution is -2.39. The van der Waals surface area contributed by atoms with Crippen molar-refractivity contribution in [2.75, 3.05) is 5.32 Å². The van der Waals surface area contributed by atoms with Crippen LogP contribution in [-0.2, 0) is 4.79 Å². The molecule has 0 radical (unpaired) electrons. The molecule has 1 aliphatic carbocycles. The highest BCUT2D eigenvalue weighted by Gasteiger charge is 2.33. The fourth-order valence-corrected chi connectivity index (χ4v) is 3.40. The third-order valence-corrected chi connectivity index (χ3v) is 4.42. The molecule has 1 amide bonds. The lowest BCUT2D eigenvalue weighted by Gasteiger charge is -2.29. The topological polar surface area (TPSA) is 41.1 Å². The molecule has 102 valence electrons. The van der Waals surface area contributed by atoms with Crippen molar-refractivity contribution < 1.29 is 4.79 Å². The van der Waals surface area contributed by atoms with E-state index in [4.69, 9.17) is 11.6 Å². The quantitative estimate of drug-likeness (QED) is 0.869. The summed E-state index contributed by atoms with van der Waals surface area (Å²) in [6, 6.07) is 5.76. The molecule has 2 aliphatic rings. The molecule has 3 nitrogen and oxygen atoms in total.